The Bertz CT molecular complexity index is 1400. The van der Waals surface area contributed by atoms with E-state index in [1.807, 2.05) is 19.1 Å². The number of rotatable bonds is 1. The number of pyridine rings is 1. The van der Waals surface area contributed by atoms with Gasteiger partial charge in [-0.05, 0) is 98.0 Å². The molecule has 2 aromatic rings. The summed E-state index contributed by atoms with van der Waals surface area (Å²) in [5, 5.41) is 11.7. The van der Waals surface area contributed by atoms with Crippen molar-refractivity contribution < 1.29 is 18.8 Å². The third-order valence-corrected chi connectivity index (χ3v) is 12.3. The van der Waals surface area contributed by atoms with Crippen LogP contribution in [0.5, 0.6) is 5.75 Å². The molecule has 1 saturated carbocycles. The standard InChI is InChI=1S/C31H40ClN3O4S/c1-3-23-6-4-5-7-27(36)24-10-8-21(24)17-35-18-31(15-14-20-16-22(32)9-11-25(20)31)19-39-28-13-12-26(33-29(28)35)30(37)34-40(23,2)38/h9,11-13,16,21,23-24,27,36H,2-8,10,14-15,17-19H2,1H3,(H,34,37,38)/t21-,23+,24+,27-,31-,40?/m0/s1. The van der Waals surface area contributed by atoms with Gasteiger partial charge < -0.3 is 14.7 Å². The zero-order valence-corrected chi connectivity index (χ0v) is 24.8. The Morgan fingerprint density at radius 3 is 2.83 bits per heavy atom. The van der Waals surface area contributed by atoms with Gasteiger partial charge >= 0.3 is 0 Å². The van der Waals surface area contributed by atoms with Gasteiger partial charge in [-0.25, -0.2) is 9.19 Å². The maximum Gasteiger partial charge on any atom is 0.281 e. The zero-order valence-electron chi connectivity index (χ0n) is 23.2. The Hall–Kier alpha value is -2.29. The van der Waals surface area contributed by atoms with Crippen molar-refractivity contribution in [1.29, 1.82) is 0 Å². The fourth-order valence-electron chi connectivity index (χ4n) is 7.37. The van der Waals surface area contributed by atoms with Crippen LogP contribution in [0.1, 0.15) is 79.9 Å². The van der Waals surface area contributed by atoms with E-state index in [1.54, 1.807) is 6.07 Å². The number of aliphatic hydroxyl groups excluding tert-OH is 1. The predicted octanol–water partition coefficient (Wildman–Crippen LogP) is 4.92. The second-order valence-corrected chi connectivity index (χ2v) is 15.1. The van der Waals surface area contributed by atoms with Gasteiger partial charge in [0.05, 0.1) is 22.4 Å². The molecule has 2 aliphatic carbocycles. The minimum Gasteiger partial charge on any atom is -0.489 e. The Morgan fingerprint density at radius 1 is 1.23 bits per heavy atom. The number of hydrogen-bond donors (Lipinski definition) is 2. The maximum absolute atomic E-state index is 13.6. The van der Waals surface area contributed by atoms with Crippen LogP contribution in [0.2, 0.25) is 5.02 Å². The third-order valence-electron chi connectivity index (χ3n) is 9.84. The first-order valence-corrected chi connectivity index (χ1v) is 16.9. The van der Waals surface area contributed by atoms with Gasteiger partial charge in [0, 0.05) is 28.8 Å². The lowest BCUT2D eigenvalue weighted by atomic mass is 9.69. The zero-order chi connectivity index (χ0) is 28.1. The van der Waals surface area contributed by atoms with E-state index >= 15 is 0 Å². The molecule has 1 aromatic carbocycles. The summed E-state index contributed by atoms with van der Waals surface area (Å²) >= 11 is 6.34. The smallest absolute Gasteiger partial charge is 0.281 e. The first-order chi connectivity index (χ1) is 19.2. The molecule has 2 bridgehead atoms. The first-order valence-electron chi connectivity index (χ1n) is 14.7. The van der Waals surface area contributed by atoms with Crippen LogP contribution in [0.15, 0.2) is 30.3 Å². The number of anilines is 1. The minimum atomic E-state index is -2.88. The van der Waals surface area contributed by atoms with Crippen LogP contribution in [-0.4, -0.2) is 57.1 Å². The van der Waals surface area contributed by atoms with Crippen LogP contribution >= 0.6 is 11.6 Å². The van der Waals surface area contributed by atoms with E-state index in [1.165, 1.54) is 11.1 Å². The van der Waals surface area contributed by atoms with Gasteiger partial charge in [0.1, 0.15) is 5.69 Å². The van der Waals surface area contributed by atoms with Gasteiger partial charge in [-0.3, -0.25) is 9.52 Å². The van der Waals surface area contributed by atoms with Gasteiger partial charge in [0.2, 0.25) is 0 Å². The second kappa shape index (κ2) is 10.8. The molecule has 1 spiro atoms. The molecule has 40 heavy (non-hydrogen) atoms. The summed E-state index contributed by atoms with van der Waals surface area (Å²) in [5.41, 5.74) is 2.52. The summed E-state index contributed by atoms with van der Waals surface area (Å²) in [6, 6.07) is 9.63. The molecule has 7 nitrogen and oxygen atoms in total. The van der Waals surface area contributed by atoms with Gasteiger partial charge in [0.25, 0.3) is 5.91 Å². The summed E-state index contributed by atoms with van der Waals surface area (Å²) in [4.78, 5) is 20.5. The normalized spacial score (nSPS) is 34.2. The highest BCUT2D eigenvalue weighted by atomic mass is 35.5. The molecule has 0 radical (unpaired) electrons. The highest BCUT2D eigenvalue weighted by molar-refractivity contribution is 7.99. The number of amides is 1. The number of nitrogens with zero attached hydrogens (tertiary/aromatic N) is 2. The molecule has 2 aliphatic heterocycles. The lowest BCUT2D eigenvalue weighted by molar-refractivity contribution is 0.00904. The van der Waals surface area contributed by atoms with Crippen LogP contribution in [0.3, 0.4) is 0 Å². The molecule has 3 heterocycles. The molecule has 1 fully saturated rings. The van der Waals surface area contributed by atoms with E-state index in [4.69, 9.17) is 21.3 Å². The van der Waals surface area contributed by atoms with Crippen molar-refractivity contribution in [3.05, 3.63) is 52.2 Å². The lowest BCUT2D eigenvalue weighted by Crippen LogP contribution is -2.48. The molecular weight excluding hydrogens is 546 g/mol. The van der Waals surface area contributed by atoms with Gasteiger partial charge in [-0.1, -0.05) is 37.4 Å². The van der Waals surface area contributed by atoms with Crippen LogP contribution < -0.4 is 14.4 Å². The molecule has 6 atom stereocenters. The number of aryl methyl sites for hydroxylation is 1. The number of benzene rings is 1. The van der Waals surface area contributed by atoms with Crippen LogP contribution in [0.25, 0.3) is 0 Å². The molecule has 2 N–H and O–H groups in total. The molecule has 4 aliphatic rings. The van der Waals surface area contributed by atoms with Gasteiger partial charge in [0.15, 0.2) is 11.6 Å². The second-order valence-electron chi connectivity index (χ2n) is 12.3. The van der Waals surface area contributed by atoms with E-state index in [0.29, 0.717) is 43.5 Å². The summed E-state index contributed by atoms with van der Waals surface area (Å²) in [5.74, 6) is 5.36. The third kappa shape index (κ3) is 5.12. The number of carbonyl (C=O) groups excluding carboxylic acids is 1. The number of aliphatic hydroxyl groups is 1. The summed E-state index contributed by atoms with van der Waals surface area (Å²) in [6.07, 6.45) is 7.44. The van der Waals surface area contributed by atoms with Crippen molar-refractivity contribution in [3.8, 4) is 5.75 Å². The Labute approximate surface area is 242 Å². The van der Waals surface area contributed by atoms with Crippen molar-refractivity contribution in [1.82, 2.24) is 9.71 Å². The molecule has 9 heteroatoms. The quantitative estimate of drug-likeness (QED) is 0.462. The fraction of sp³-hybridized carbons (Fsp3) is 0.581. The molecular formula is C31H40ClN3O4S. The van der Waals surface area contributed by atoms with E-state index in [-0.39, 0.29) is 28.4 Å². The highest BCUT2D eigenvalue weighted by Crippen LogP contribution is 2.47. The minimum absolute atomic E-state index is 0.213. The molecule has 0 saturated heterocycles. The number of hydrogen-bond acceptors (Lipinski definition) is 6. The van der Waals surface area contributed by atoms with Crippen molar-refractivity contribution in [3.63, 3.8) is 0 Å². The van der Waals surface area contributed by atoms with E-state index in [9.17, 15) is 14.1 Å². The van der Waals surface area contributed by atoms with Crippen LogP contribution in [-0.2, 0) is 21.5 Å². The fourth-order valence-corrected chi connectivity index (χ4v) is 9.24. The summed E-state index contributed by atoms with van der Waals surface area (Å²) in [7, 11) is -2.88. The highest BCUT2D eigenvalue weighted by Gasteiger charge is 2.46. The topological polar surface area (TPSA) is 91.8 Å². The number of ether oxygens (including phenoxy) is 1. The maximum atomic E-state index is 13.6. The average molecular weight is 586 g/mol. The monoisotopic (exact) mass is 585 g/mol. The SMILES string of the molecule is C=S1(=O)NC(=O)c2ccc3c(n2)N(C[C@@H]2CC[C@H]2[C@@H](O)CCCC[C@H]1CC)C[C@@]1(CCc2cc(Cl)ccc21)CO3. The number of aromatic nitrogens is 1. The predicted molar refractivity (Wildman–Crippen MR) is 161 cm³/mol. The first kappa shape index (κ1) is 27.9. The molecule has 216 valence electrons. The summed E-state index contributed by atoms with van der Waals surface area (Å²) in [6.45, 7) is 3.94. The molecule has 1 aromatic heterocycles. The van der Waals surface area contributed by atoms with E-state index in [0.717, 1.165) is 56.5 Å². The van der Waals surface area contributed by atoms with E-state index in [2.05, 4.69) is 27.6 Å². The van der Waals surface area contributed by atoms with Crippen molar-refractivity contribution in [2.75, 3.05) is 24.6 Å². The Morgan fingerprint density at radius 2 is 2.05 bits per heavy atom. The largest absolute Gasteiger partial charge is 0.489 e. The van der Waals surface area contributed by atoms with Crippen LogP contribution in [0.4, 0.5) is 5.82 Å². The number of fused-ring (bicyclic) bond motifs is 4. The van der Waals surface area contributed by atoms with Crippen molar-refractivity contribution in [2.24, 2.45) is 11.8 Å². The summed E-state index contributed by atoms with van der Waals surface area (Å²) < 4.78 is 22.7. The number of halogens is 1. The van der Waals surface area contributed by atoms with Gasteiger partial charge in [-0.15, -0.1) is 0 Å². The number of carbonyl (C=O) groups is 1. The molecule has 1 unspecified atom stereocenters. The Kier molecular flexibility index (Phi) is 7.55. The average Bonchev–Trinajstić information content (AvgIpc) is 3.16. The number of nitrogens with one attached hydrogen (secondary N) is 1. The lowest BCUT2D eigenvalue weighted by Gasteiger charge is -2.44. The molecule has 1 amide bonds. The van der Waals surface area contributed by atoms with Crippen molar-refractivity contribution >= 4 is 38.9 Å². The Balaban J connectivity index is 1.39. The van der Waals surface area contributed by atoms with Crippen LogP contribution in [0, 0.1) is 11.8 Å². The van der Waals surface area contributed by atoms with Crippen molar-refractivity contribution in [2.45, 2.75) is 81.5 Å². The van der Waals surface area contributed by atoms with E-state index < -0.39 is 15.6 Å². The van der Waals surface area contributed by atoms with Gasteiger partial charge in [-0.2, -0.15) is 0 Å². The molecule has 6 rings (SSSR count).